The van der Waals surface area contributed by atoms with Crippen molar-refractivity contribution >= 4 is 0 Å². The SMILES string of the molecule is CCC1(CC)OC=C(C)O1. The van der Waals surface area contributed by atoms with Gasteiger partial charge in [-0.2, -0.15) is 0 Å². The third kappa shape index (κ3) is 1.11. The average Bonchev–Trinajstić information content (AvgIpc) is 2.33. The molecule has 0 radical (unpaired) electrons. The minimum atomic E-state index is -0.343. The standard InChI is InChI=1S/C8H14O2/c1-4-8(5-2)9-6-7(3)10-8/h6H,4-5H2,1-3H3. The summed E-state index contributed by atoms with van der Waals surface area (Å²) in [6, 6.07) is 0. The first-order valence-electron chi connectivity index (χ1n) is 3.76. The van der Waals surface area contributed by atoms with E-state index < -0.39 is 0 Å². The molecule has 1 aliphatic heterocycles. The maximum atomic E-state index is 5.49. The molecule has 0 aliphatic carbocycles. The fraction of sp³-hybridized carbons (Fsp3) is 0.750. The summed E-state index contributed by atoms with van der Waals surface area (Å²) in [7, 11) is 0. The van der Waals surface area contributed by atoms with E-state index in [0.29, 0.717) is 0 Å². The van der Waals surface area contributed by atoms with Crippen molar-refractivity contribution in [1.29, 1.82) is 0 Å². The second-order valence-corrected chi connectivity index (χ2v) is 2.57. The lowest BCUT2D eigenvalue weighted by Crippen LogP contribution is -2.27. The molecule has 1 rings (SSSR count). The molecule has 0 spiro atoms. The minimum Gasteiger partial charge on any atom is -0.457 e. The molecule has 0 N–H and O–H groups in total. The molecule has 0 atom stereocenters. The van der Waals surface area contributed by atoms with Gasteiger partial charge in [-0.3, -0.25) is 0 Å². The zero-order valence-corrected chi connectivity index (χ0v) is 6.81. The Kier molecular flexibility index (Phi) is 1.88. The largest absolute Gasteiger partial charge is 0.457 e. The second-order valence-electron chi connectivity index (χ2n) is 2.57. The Labute approximate surface area is 61.8 Å². The third-order valence-electron chi connectivity index (χ3n) is 1.86. The summed E-state index contributed by atoms with van der Waals surface area (Å²) in [6.07, 6.45) is 3.49. The van der Waals surface area contributed by atoms with Crippen LogP contribution >= 0.6 is 0 Å². The molecule has 0 aromatic carbocycles. The molecule has 0 unspecified atom stereocenters. The fourth-order valence-corrected chi connectivity index (χ4v) is 1.09. The molecule has 2 heteroatoms. The summed E-state index contributed by atoms with van der Waals surface area (Å²) < 4.78 is 10.9. The number of hydrogen-bond donors (Lipinski definition) is 0. The first kappa shape index (κ1) is 7.45. The highest BCUT2D eigenvalue weighted by Crippen LogP contribution is 2.30. The lowest BCUT2D eigenvalue weighted by molar-refractivity contribution is -0.151. The summed E-state index contributed by atoms with van der Waals surface area (Å²) in [6.45, 7) is 6.04. The Morgan fingerprint density at radius 3 is 2.20 bits per heavy atom. The van der Waals surface area contributed by atoms with Crippen LogP contribution in [-0.4, -0.2) is 5.79 Å². The summed E-state index contributed by atoms with van der Waals surface area (Å²) in [5, 5.41) is 0. The smallest absolute Gasteiger partial charge is 0.249 e. The van der Waals surface area contributed by atoms with Crippen molar-refractivity contribution in [2.45, 2.75) is 39.4 Å². The normalized spacial score (nSPS) is 21.3. The van der Waals surface area contributed by atoms with Gasteiger partial charge in [0.2, 0.25) is 5.79 Å². The maximum absolute atomic E-state index is 5.49. The molecule has 0 amide bonds. The van der Waals surface area contributed by atoms with E-state index in [-0.39, 0.29) is 5.79 Å². The lowest BCUT2D eigenvalue weighted by Gasteiger charge is -2.25. The number of allylic oxidation sites excluding steroid dienone is 1. The molecule has 2 nitrogen and oxygen atoms in total. The van der Waals surface area contributed by atoms with Crippen LogP contribution in [0.5, 0.6) is 0 Å². The molecule has 1 heterocycles. The zero-order valence-electron chi connectivity index (χ0n) is 6.81. The van der Waals surface area contributed by atoms with Crippen LogP contribution < -0.4 is 0 Å². The number of hydrogen-bond acceptors (Lipinski definition) is 2. The van der Waals surface area contributed by atoms with E-state index in [1.807, 2.05) is 6.92 Å². The van der Waals surface area contributed by atoms with E-state index in [9.17, 15) is 0 Å². The van der Waals surface area contributed by atoms with Crippen molar-refractivity contribution < 1.29 is 9.47 Å². The second kappa shape index (κ2) is 2.52. The van der Waals surface area contributed by atoms with Gasteiger partial charge in [-0.05, 0) is 6.92 Å². The van der Waals surface area contributed by atoms with Gasteiger partial charge in [0.1, 0.15) is 12.0 Å². The molecule has 0 bridgehead atoms. The van der Waals surface area contributed by atoms with E-state index in [2.05, 4.69) is 13.8 Å². The number of ether oxygens (including phenoxy) is 2. The van der Waals surface area contributed by atoms with Crippen molar-refractivity contribution in [2.75, 3.05) is 0 Å². The average molecular weight is 142 g/mol. The summed E-state index contributed by atoms with van der Waals surface area (Å²) in [5.41, 5.74) is 0. The highest BCUT2D eigenvalue weighted by Gasteiger charge is 2.33. The van der Waals surface area contributed by atoms with Gasteiger partial charge in [0.15, 0.2) is 0 Å². The molecule has 1 aliphatic rings. The third-order valence-corrected chi connectivity index (χ3v) is 1.86. The van der Waals surface area contributed by atoms with E-state index >= 15 is 0 Å². The van der Waals surface area contributed by atoms with Gasteiger partial charge in [0.25, 0.3) is 0 Å². The van der Waals surface area contributed by atoms with Crippen LogP contribution in [-0.2, 0) is 9.47 Å². The molecule has 58 valence electrons. The van der Waals surface area contributed by atoms with Crippen molar-refractivity contribution in [2.24, 2.45) is 0 Å². The van der Waals surface area contributed by atoms with Crippen LogP contribution in [0.2, 0.25) is 0 Å². The molecular formula is C8H14O2. The van der Waals surface area contributed by atoms with E-state index in [1.165, 1.54) is 0 Å². The van der Waals surface area contributed by atoms with Gasteiger partial charge in [-0.1, -0.05) is 13.8 Å². The van der Waals surface area contributed by atoms with Gasteiger partial charge in [0.05, 0.1) is 0 Å². The van der Waals surface area contributed by atoms with Crippen molar-refractivity contribution in [1.82, 2.24) is 0 Å². The summed E-state index contributed by atoms with van der Waals surface area (Å²) in [4.78, 5) is 0. The van der Waals surface area contributed by atoms with E-state index in [4.69, 9.17) is 9.47 Å². The van der Waals surface area contributed by atoms with Crippen molar-refractivity contribution in [3.63, 3.8) is 0 Å². The zero-order chi connectivity index (χ0) is 7.61. The van der Waals surface area contributed by atoms with Crippen molar-refractivity contribution in [3.8, 4) is 0 Å². The Bertz CT molecular complexity index is 145. The Hall–Kier alpha value is -0.660. The Morgan fingerprint density at radius 1 is 1.40 bits per heavy atom. The van der Waals surface area contributed by atoms with Gasteiger partial charge in [-0.15, -0.1) is 0 Å². The van der Waals surface area contributed by atoms with Crippen LogP contribution in [0, 0.1) is 0 Å². The molecule has 0 fully saturated rings. The predicted molar refractivity (Wildman–Crippen MR) is 39.2 cm³/mol. The molecule has 0 aromatic rings. The molecule has 0 aromatic heterocycles. The van der Waals surface area contributed by atoms with Crippen molar-refractivity contribution in [3.05, 3.63) is 12.0 Å². The summed E-state index contributed by atoms with van der Waals surface area (Å²) >= 11 is 0. The minimum absolute atomic E-state index is 0.343. The fourth-order valence-electron chi connectivity index (χ4n) is 1.09. The van der Waals surface area contributed by atoms with E-state index in [1.54, 1.807) is 6.26 Å². The van der Waals surface area contributed by atoms with Gasteiger partial charge in [-0.25, -0.2) is 0 Å². The van der Waals surface area contributed by atoms with Gasteiger partial charge >= 0.3 is 0 Å². The highest BCUT2D eigenvalue weighted by molar-refractivity contribution is 4.92. The first-order valence-corrected chi connectivity index (χ1v) is 3.76. The first-order chi connectivity index (χ1) is 4.72. The Balaban J connectivity index is 2.57. The van der Waals surface area contributed by atoms with Crippen LogP contribution in [0.4, 0.5) is 0 Å². The molecular weight excluding hydrogens is 128 g/mol. The maximum Gasteiger partial charge on any atom is 0.249 e. The topological polar surface area (TPSA) is 18.5 Å². The van der Waals surface area contributed by atoms with Crippen LogP contribution in [0.15, 0.2) is 12.0 Å². The quantitative estimate of drug-likeness (QED) is 0.589. The van der Waals surface area contributed by atoms with Gasteiger partial charge < -0.3 is 9.47 Å². The van der Waals surface area contributed by atoms with Crippen LogP contribution in [0.25, 0.3) is 0 Å². The lowest BCUT2D eigenvalue weighted by atomic mass is 10.1. The highest BCUT2D eigenvalue weighted by atomic mass is 16.7. The van der Waals surface area contributed by atoms with Crippen LogP contribution in [0.1, 0.15) is 33.6 Å². The molecule has 0 saturated heterocycles. The number of rotatable bonds is 2. The summed E-state index contributed by atoms with van der Waals surface area (Å²) in [5.74, 6) is 0.535. The van der Waals surface area contributed by atoms with E-state index in [0.717, 1.165) is 18.6 Å². The molecule has 10 heavy (non-hydrogen) atoms. The monoisotopic (exact) mass is 142 g/mol. The Morgan fingerprint density at radius 2 is 2.00 bits per heavy atom. The van der Waals surface area contributed by atoms with Gasteiger partial charge in [0, 0.05) is 12.8 Å². The predicted octanol–water partition coefficient (Wildman–Crippen LogP) is 2.41. The molecule has 0 saturated carbocycles. The van der Waals surface area contributed by atoms with Crippen LogP contribution in [0.3, 0.4) is 0 Å².